The number of fused-ring (bicyclic) bond motifs is 8. The number of furan rings is 1. The fraction of sp³-hybridized carbons (Fsp3) is 0.120. The predicted octanol–water partition coefficient (Wildman–Crippen LogP) is 11.8. The molecular weight excluding hydrogens is 659 g/mol. The van der Waals surface area contributed by atoms with Crippen molar-refractivity contribution < 1.29 is 4.42 Å². The summed E-state index contributed by atoms with van der Waals surface area (Å²) < 4.78 is 6.29. The molecule has 11 rings (SSSR count). The first kappa shape index (κ1) is 31.0. The molecular formula is C50H37N3O. The average molecular weight is 696 g/mol. The molecule has 4 heteroatoms. The van der Waals surface area contributed by atoms with Gasteiger partial charge in [-0.05, 0) is 62.4 Å². The summed E-state index contributed by atoms with van der Waals surface area (Å²) in [4.78, 5) is 10.4. The van der Waals surface area contributed by atoms with Crippen molar-refractivity contribution in [2.24, 2.45) is 9.98 Å². The van der Waals surface area contributed by atoms with Gasteiger partial charge in [-0.1, -0.05) is 165 Å². The monoisotopic (exact) mass is 695 g/mol. The van der Waals surface area contributed by atoms with Crippen LogP contribution < -0.4 is 5.32 Å². The van der Waals surface area contributed by atoms with Gasteiger partial charge in [0.2, 0.25) is 0 Å². The Bertz CT molecular complexity index is 2910. The van der Waals surface area contributed by atoms with Crippen LogP contribution in [0.5, 0.6) is 0 Å². The molecule has 54 heavy (non-hydrogen) atoms. The van der Waals surface area contributed by atoms with E-state index in [1.807, 2.05) is 18.2 Å². The molecule has 0 amide bonds. The molecule has 3 unspecified atom stereocenters. The second-order valence-electron chi connectivity index (χ2n) is 15.4. The Morgan fingerprint density at radius 2 is 1.33 bits per heavy atom. The smallest absolute Gasteiger partial charge is 0.159 e. The Balaban J connectivity index is 1.04. The fourth-order valence-corrected chi connectivity index (χ4v) is 9.30. The van der Waals surface area contributed by atoms with E-state index < -0.39 is 0 Å². The number of benzene rings is 7. The summed E-state index contributed by atoms with van der Waals surface area (Å²) >= 11 is 0. The van der Waals surface area contributed by atoms with Gasteiger partial charge in [-0.25, -0.2) is 9.98 Å². The molecule has 2 aliphatic carbocycles. The maximum Gasteiger partial charge on any atom is 0.159 e. The Morgan fingerprint density at radius 3 is 2.24 bits per heavy atom. The van der Waals surface area contributed by atoms with Gasteiger partial charge in [0, 0.05) is 39.2 Å². The number of nitrogens with zero attached hydrogens (tertiary/aromatic N) is 2. The minimum absolute atomic E-state index is 0.178. The first-order chi connectivity index (χ1) is 26.5. The van der Waals surface area contributed by atoms with E-state index in [0.29, 0.717) is 5.84 Å². The minimum Gasteiger partial charge on any atom is -0.456 e. The number of amidine groups is 2. The molecule has 4 nitrogen and oxygen atoms in total. The second-order valence-corrected chi connectivity index (χ2v) is 15.4. The van der Waals surface area contributed by atoms with Gasteiger partial charge >= 0.3 is 0 Å². The number of para-hydroxylation sites is 1. The molecule has 1 aliphatic heterocycles. The summed E-state index contributed by atoms with van der Waals surface area (Å²) in [5, 5.41) is 8.47. The van der Waals surface area contributed by atoms with Crippen molar-refractivity contribution in [3.05, 3.63) is 208 Å². The van der Waals surface area contributed by atoms with Crippen molar-refractivity contribution in [3.63, 3.8) is 0 Å². The Morgan fingerprint density at radius 1 is 0.574 bits per heavy atom. The van der Waals surface area contributed by atoms with Gasteiger partial charge in [0.1, 0.15) is 23.2 Å². The van der Waals surface area contributed by atoms with E-state index in [0.717, 1.165) is 44.5 Å². The molecule has 1 N–H and O–H groups in total. The number of rotatable bonds is 4. The van der Waals surface area contributed by atoms with Crippen LogP contribution >= 0.6 is 0 Å². The van der Waals surface area contributed by atoms with Crippen LogP contribution in [0.25, 0.3) is 38.8 Å². The number of nitrogens with one attached hydrogen (secondary N) is 1. The lowest BCUT2D eigenvalue weighted by atomic mass is 9.68. The van der Waals surface area contributed by atoms with Crippen molar-refractivity contribution >= 4 is 50.5 Å². The molecule has 0 fully saturated rings. The molecule has 7 aromatic carbocycles. The van der Waals surface area contributed by atoms with Crippen molar-refractivity contribution in [2.75, 3.05) is 0 Å². The highest BCUT2D eigenvalue weighted by molar-refractivity contribution is 6.15. The number of hydrogen-bond acceptors (Lipinski definition) is 4. The standard InChI is InChI=1S/C50H37N3O/c1-50(2)41-28-35(23-25-40(41)46-42(50)27-33-16-8-9-17-37(33)45(46)34-21-20-30-12-6-7-15-32(30)26-34)48-51-47(31-13-4-3-5-14-31)52-49(53-48)36-22-24-39-38-18-10-11-19-43(38)54-44(39)29-36/h3-29,45-46,48H,1-2H3,(H,51,52,53). The topological polar surface area (TPSA) is 49.9 Å². The molecule has 258 valence electrons. The summed E-state index contributed by atoms with van der Waals surface area (Å²) in [5.74, 6) is 1.93. The highest BCUT2D eigenvalue weighted by Gasteiger charge is 2.48. The third kappa shape index (κ3) is 4.76. The summed E-state index contributed by atoms with van der Waals surface area (Å²) in [6, 6.07) is 56.6. The second kappa shape index (κ2) is 11.7. The van der Waals surface area contributed by atoms with Gasteiger partial charge in [0.25, 0.3) is 0 Å². The van der Waals surface area contributed by atoms with Crippen molar-refractivity contribution in [2.45, 2.75) is 37.3 Å². The lowest BCUT2D eigenvalue weighted by molar-refractivity contribution is 0.586. The third-order valence-electron chi connectivity index (χ3n) is 12.0. The molecule has 0 spiro atoms. The van der Waals surface area contributed by atoms with E-state index in [9.17, 15) is 0 Å². The molecule has 0 saturated heterocycles. The van der Waals surface area contributed by atoms with Gasteiger partial charge in [-0.3, -0.25) is 0 Å². The molecule has 3 atom stereocenters. The van der Waals surface area contributed by atoms with Gasteiger partial charge in [-0.15, -0.1) is 0 Å². The maximum absolute atomic E-state index is 6.29. The first-order valence-corrected chi connectivity index (χ1v) is 18.8. The Hall–Kier alpha value is -6.52. The van der Waals surface area contributed by atoms with E-state index in [4.69, 9.17) is 14.4 Å². The SMILES string of the molecule is CC1(C)C2=Cc3ccccc3C(c3ccc4ccccc4c3)C2c2ccc(C3N=C(c4ccc5c(c4)oc4ccccc45)N=C(c4ccccc4)N3)cc21. The van der Waals surface area contributed by atoms with Gasteiger partial charge in [0.15, 0.2) is 5.84 Å². The van der Waals surface area contributed by atoms with E-state index >= 15 is 0 Å². The van der Waals surface area contributed by atoms with Crippen LogP contribution in [0, 0.1) is 0 Å². The highest BCUT2D eigenvalue weighted by Crippen LogP contribution is 2.60. The van der Waals surface area contributed by atoms with Crippen molar-refractivity contribution in [1.29, 1.82) is 0 Å². The third-order valence-corrected chi connectivity index (χ3v) is 12.0. The quantitative estimate of drug-likeness (QED) is 0.199. The number of aliphatic imine (C=N–C) groups is 2. The van der Waals surface area contributed by atoms with E-state index in [2.05, 4.69) is 165 Å². The molecule has 0 saturated carbocycles. The zero-order chi connectivity index (χ0) is 36.0. The lowest BCUT2D eigenvalue weighted by Gasteiger charge is -2.35. The number of hydrogen-bond donors (Lipinski definition) is 1. The summed E-state index contributed by atoms with van der Waals surface area (Å²) in [5.41, 5.74) is 12.9. The van der Waals surface area contributed by atoms with Crippen LogP contribution in [0.3, 0.4) is 0 Å². The summed E-state index contributed by atoms with van der Waals surface area (Å²) in [6.07, 6.45) is 2.14. The maximum atomic E-state index is 6.29. The van der Waals surface area contributed by atoms with Crippen LogP contribution in [0.1, 0.15) is 76.4 Å². The van der Waals surface area contributed by atoms with E-state index in [1.165, 1.54) is 44.2 Å². The zero-order valence-corrected chi connectivity index (χ0v) is 30.1. The van der Waals surface area contributed by atoms with Crippen LogP contribution in [-0.4, -0.2) is 11.7 Å². The molecule has 0 radical (unpaired) electrons. The van der Waals surface area contributed by atoms with E-state index in [1.54, 1.807) is 0 Å². The molecule has 2 heterocycles. The van der Waals surface area contributed by atoms with Crippen LogP contribution in [0.4, 0.5) is 0 Å². The Labute approximate surface area is 314 Å². The minimum atomic E-state index is -0.328. The first-order valence-electron chi connectivity index (χ1n) is 18.8. The van der Waals surface area contributed by atoms with Gasteiger partial charge in [0.05, 0.1) is 0 Å². The van der Waals surface area contributed by atoms with Gasteiger partial charge < -0.3 is 9.73 Å². The normalized spacial score (nSPS) is 19.7. The Kier molecular flexibility index (Phi) is 6.75. The van der Waals surface area contributed by atoms with Gasteiger partial charge in [-0.2, -0.15) is 0 Å². The number of allylic oxidation sites excluding steroid dienone is 1. The van der Waals surface area contributed by atoms with E-state index in [-0.39, 0.29) is 23.4 Å². The lowest BCUT2D eigenvalue weighted by Crippen LogP contribution is -2.33. The fourth-order valence-electron chi connectivity index (χ4n) is 9.30. The highest BCUT2D eigenvalue weighted by atomic mass is 16.3. The largest absolute Gasteiger partial charge is 0.456 e. The molecule has 3 aliphatic rings. The van der Waals surface area contributed by atoms with Crippen LogP contribution in [0.2, 0.25) is 0 Å². The molecule has 0 bridgehead atoms. The summed E-state index contributed by atoms with van der Waals surface area (Å²) in [7, 11) is 0. The van der Waals surface area contributed by atoms with Crippen LogP contribution in [-0.2, 0) is 5.41 Å². The van der Waals surface area contributed by atoms with Crippen molar-refractivity contribution in [3.8, 4) is 0 Å². The molecule has 1 aromatic heterocycles. The zero-order valence-electron chi connectivity index (χ0n) is 30.1. The average Bonchev–Trinajstić information content (AvgIpc) is 3.70. The predicted molar refractivity (Wildman–Crippen MR) is 222 cm³/mol. The molecule has 8 aromatic rings. The van der Waals surface area contributed by atoms with Crippen LogP contribution in [0.15, 0.2) is 178 Å². The summed E-state index contributed by atoms with van der Waals surface area (Å²) in [6.45, 7) is 4.80. The van der Waals surface area contributed by atoms with Crippen molar-refractivity contribution in [1.82, 2.24) is 5.32 Å².